The van der Waals surface area contributed by atoms with Crippen LogP contribution in [0.5, 0.6) is 0 Å². The minimum atomic E-state index is -1.11. The van der Waals surface area contributed by atoms with Crippen molar-refractivity contribution in [1.29, 1.82) is 0 Å². The number of carbonyl (C=O) groups is 2. The number of aromatic nitrogens is 3. The summed E-state index contributed by atoms with van der Waals surface area (Å²) < 4.78 is 0. The summed E-state index contributed by atoms with van der Waals surface area (Å²) in [7, 11) is 0. The number of aromatic amines is 1. The topological polar surface area (TPSA) is 108 Å². The van der Waals surface area contributed by atoms with Gasteiger partial charge in [0.1, 0.15) is 6.33 Å². The summed E-state index contributed by atoms with van der Waals surface area (Å²) in [5.74, 6) is -1.66. The third-order valence-electron chi connectivity index (χ3n) is 2.09. The summed E-state index contributed by atoms with van der Waals surface area (Å²) >= 11 is 5.85. The molecule has 2 aromatic rings. The van der Waals surface area contributed by atoms with Crippen LogP contribution in [0.2, 0.25) is 5.02 Å². The fourth-order valence-corrected chi connectivity index (χ4v) is 1.42. The first-order valence-electron chi connectivity index (χ1n) is 4.77. The van der Waals surface area contributed by atoms with Gasteiger partial charge in [0.05, 0.1) is 16.3 Å². The van der Waals surface area contributed by atoms with Gasteiger partial charge < -0.3 is 10.4 Å². The van der Waals surface area contributed by atoms with Crippen molar-refractivity contribution in [3.63, 3.8) is 0 Å². The fraction of sp³-hybridized carbons (Fsp3) is 0. The maximum atomic E-state index is 11.7. The Labute approximate surface area is 106 Å². The lowest BCUT2D eigenvalue weighted by Crippen LogP contribution is -2.14. The standard InChI is InChI=1S/C10H7ClN4O3/c11-6-2-1-5(10(17)18)3-7(6)14-9(16)8-12-4-13-15-8/h1-4H,(H,14,16)(H,17,18)(H,12,13,15). The normalized spacial score (nSPS) is 10.1. The molecule has 18 heavy (non-hydrogen) atoms. The highest BCUT2D eigenvalue weighted by molar-refractivity contribution is 6.34. The Morgan fingerprint density at radius 2 is 2.17 bits per heavy atom. The van der Waals surface area contributed by atoms with Crippen LogP contribution in [0.1, 0.15) is 21.0 Å². The summed E-state index contributed by atoms with van der Waals surface area (Å²) in [6.07, 6.45) is 1.18. The van der Waals surface area contributed by atoms with Crippen LogP contribution in [0.15, 0.2) is 24.5 Å². The van der Waals surface area contributed by atoms with Crippen molar-refractivity contribution in [2.75, 3.05) is 5.32 Å². The van der Waals surface area contributed by atoms with Crippen LogP contribution in [0.4, 0.5) is 5.69 Å². The zero-order valence-electron chi connectivity index (χ0n) is 8.85. The smallest absolute Gasteiger partial charge is 0.335 e. The van der Waals surface area contributed by atoms with E-state index < -0.39 is 11.9 Å². The number of benzene rings is 1. The molecule has 0 aliphatic carbocycles. The molecular weight excluding hydrogens is 260 g/mol. The van der Waals surface area contributed by atoms with Gasteiger partial charge in [-0.15, -0.1) is 0 Å². The van der Waals surface area contributed by atoms with Gasteiger partial charge in [-0.3, -0.25) is 9.89 Å². The SMILES string of the molecule is O=C(O)c1ccc(Cl)c(NC(=O)c2ncn[nH]2)c1. The third kappa shape index (κ3) is 2.46. The number of carbonyl (C=O) groups excluding carboxylic acids is 1. The molecule has 0 unspecified atom stereocenters. The molecule has 1 amide bonds. The Bertz CT molecular complexity index is 597. The largest absolute Gasteiger partial charge is 0.478 e. The average molecular weight is 267 g/mol. The molecule has 8 heteroatoms. The van der Waals surface area contributed by atoms with Gasteiger partial charge in [-0.25, -0.2) is 9.78 Å². The van der Waals surface area contributed by atoms with Gasteiger partial charge in [-0.2, -0.15) is 5.10 Å². The number of aromatic carboxylic acids is 1. The number of nitrogens with one attached hydrogen (secondary N) is 2. The van der Waals surface area contributed by atoms with Crippen LogP contribution in [0.3, 0.4) is 0 Å². The maximum Gasteiger partial charge on any atom is 0.335 e. The van der Waals surface area contributed by atoms with E-state index in [9.17, 15) is 9.59 Å². The molecule has 1 aromatic heterocycles. The van der Waals surface area contributed by atoms with Gasteiger partial charge in [0, 0.05) is 0 Å². The van der Waals surface area contributed by atoms with Gasteiger partial charge in [0.25, 0.3) is 5.91 Å². The van der Waals surface area contributed by atoms with Crippen LogP contribution < -0.4 is 5.32 Å². The van der Waals surface area contributed by atoms with E-state index in [0.717, 1.165) is 0 Å². The summed E-state index contributed by atoms with van der Waals surface area (Å²) in [5.41, 5.74) is 0.213. The Morgan fingerprint density at radius 1 is 1.39 bits per heavy atom. The molecule has 2 rings (SSSR count). The molecule has 0 aliphatic rings. The monoisotopic (exact) mass is 266 g/mol. The first-order valence-corrected chi connectivity index (χ1v) is 5.15. The van der Waals surface area contributed by atoms with E-state index in [0.29, 0.717) is 0 Å². The second kappa shape index (κ2) is 4.84. The molecule has 0 saturated carbocycles. The van der Waals surface area contributed by atoms with E-state index >= 15 is 0 Å². The molecule has 0 fully saturated rings. The predicted molar refractivity (Wildman–Crippen MR) is 62.7 cm³/mol. The molecule has 0 atom stereocenters. The summed E-state index contributed by atoms with van der Waals surface area (Å²) in [6.45, 7) is 0. The van der Waals surface area contributed by atoms with E-state index in [-0.39, 0.29) is 22.1 Å². The van der Waals surface area contributed by atoms with E-state index in [1.165, 1.54) is 24.5 Å². The maximum absolute atomic E-state index is 11.7. The van der Waals surface area contributed by atoms with Gasteiger partial charge in [-0.1, -0.05) is 11.6 Å². The average Bonchev–Trinajstić information content (AvgIpc) is 2.85. The summed E-state index contributed by atoms with van der Waals surface area (Å²) in [6, 6.07) is 3.99. The fourth-order valence-electron chi connectivity index (χ4n) is 1.25. The van der Waals surface area contributed by atoms with Crippen molar-refractivity contribution in [2.24, 2.45) is 0 Å². The number of amides is 1. The molecule has 0 aliphatic heterocycles. The van der Waals surface area contributed by atoms with E-state index in [1.54, 1.807) is 0 Å². The number of carboxylic acids is 1. The van der Waals surface area contributed by atoms with Gasteiger partial charge >= 0.3 is 5.97 Å². The number of nitrogens with zero attached hydrogens (tertiary/aromatic N) is 2. The van der Waals surface area contributed by atoms with E-state index in [2.05, 4.69) is 20.5 Å². The second-order valence-electron chi connectivity index (χ2n) is 3.29. The number of rotatable bonds is 3. The van der Waals surface area contributed by atoms with Crippen LogP contribution in [0, 0.1) is 0 Å². The Hall–Kier alpha value is -2.41. The number of hydrogen-bond acceptors (Lipinski definition) is 4. The van der Waals surface area contributed by atoms with Gasteiger partial charge in [-0.05, 0) is 18.2 Å². The van der Waals surface area contributed by atoms with Crippen LogP contribution in [0.25, 0.3) is 0 Å². The van der Waals surface area contributed by atoms with E-state index in [4.69, 9.17) is 16.7 Å². The zero-order chi connectivity index (χ0) is 13.1. The molecule has 92 valence electrons. The first-order chi connectivity index (χ1) is 8.58. The van der Waals surface area contributed by atoms with Crippen molar-refractivity contribution in [3.05, 3.63) is 40.9 Å². The molecule has 0 bridgehead atoms. The van der Waals surface area contributed by atoms with Crippen LogP contribution >= 0.6 is 11.6 Å². The highest BCUT2D eigenvalue weighted by atomic mass is 35.5. The molecule has 0 saturated heterocycles. The quantitative estimate of drug-likeness (QED) is 0.778. The van der Waals surface area contributed by atoms with Crippen LogP contribution in [-0.2, 0) is 0 Å². The van der Waals surface area contributed by atoms with E-state index in [1.807, 2.05) is 0 Å². The molecular formula is C10H7ClN4O3. The minimum Gasteiger partial charge on any atom is -0.478 e. The zero-order valence-corrected chi connectivity index (χ0v) is 9.60. The third-order valence-corrected chi connectivity index (χ3v) is 2.42. The first kappa shape index (κ1) is 12.1. The molecule has 1 aromatic carbocycles. The molecule has 3 N–H and O–H groups in total. The molecule has 1 heterocycles. The number of carboxylic acid groups (broad SMARTS) is 1. The lowest BCUT2D eigenvalue weighted by atomic mass is 10.2. The van der Waals surface area contributed by atoms with Crippen molar-refractivity contribution < 1.29 is 14.7 Å². The number of halogens is 1. The minimum absolute atomic E-state index is 0.00629. The number of hydrogen-bond donors (Lipinski definition) is 3. The molecule has 0 spiro atoms. The molecule has 0 radical (unpaired) electrons. The predicted octanol–water partition coefficient (Wildman–Crippen LogP) is 1.41. The second-order valence-corrected chi connectivity index (χ2v) is 3.70. The highest BCUT2D eigenvalue weighted by Crippen LogP contribution is 2.23. The number of H-pyrrole nitrogens is 1. The van der Waals surface area contributed by atoms with Crippen molar-refractivity contribution in [1.82, 2.24) is 15.2 Å². The van der Waals surface area contributed by atoms with Gasteiger partial charge in [0.15, 0.2) is 0 Å². The highest BCUT2D eigenvalue weighted by Gasteiger charge is 2.13. The van der Waals surface area contributed by atoms with Crippen LogP contribution in [-0.4, -0.2) is 32.2 Å². The Kier molecular flexibility index (Phi) is 3.24. The molecule has 7 nitrogen and oxygen atoms in total. The van der Waals surface area contributed by atoms with Crippen molar-refractivity contribution >= 4 is 29.2 Å². The summed E-state index contributed by atoms with van der Waals surface area (Å²) in [5, 5.41) is 17.4. The lowest BCUT2D eigenvalue weighted by Gasteiger charge is -2.06. The number of anilines is 1. The van der Waals surface area contributed by atoms with Crippen molar-refractivity contribution in [3.8, 4) is 0 Å². The summed E-state index contributed by atoms with van der Waals surface area (Å²) in [4.78, 5) is 26.1. The van der Waals surface area contributed by atoms with Crippen molar-refractivity contribution in [2.45, 2.75) is 0 Å². The Morgan fingerprint density at radius 3 is 2.78 bits per heavy atom. The lowest BCUT2D eigenvalue weighted by molar-refractivity contribution is 0.0696. The van der Waals surface area contributed by atoms with Gasteiger partial charge in [0.2, 0.25) is 5.82 Å². The Balaban J connectivity index is 2.26.